The molecule has 0 saturated carbocycles. The highest BCUT2D eigenvalue weighted by molar-refractivity contribution is 5.92. The average molecular weight is 226 g/mol. The molecule has 1 rings (SSSR count). The lowest BCUT2D eigenvalue weighted by Gasteiger charge is -2.10. The Balaban J connectivity index is 2.99. The number of phenolic OH excluding ortho intramolecular Hbond substituents is 1. The highest BCUT2D eigenvalue weighted by Gasteiger charge is 2.16. The molecule has 0 heterocycles. The third-order valence-electron chi connectivity index (χ3n) is 2.19. The number of ether oxygens (including phenoxy) is 1. The van der Waals surface area contributed by atoms with Gasteiger partial charge in [-0.1, -0.05) is 12.1 Å². The Morgan fingerprint density at radius 3 is 2.75 bits per heavy atom. The number of carbonyl (C=O) groups is 1. The third kappa shape index (κ3) is 2.71. The van der Waals surface area contributed by atoms with Crippen molar-refractivity contribution in [2.45, 2.75) is 12.5 Å². The van der Waals surface area contributed by atoms with E-state index in [-0.39, 0.29) is 17.7 Å². The Bertz CT molecular complexity index is 375. The summed E-state index contributed by atoms with van der Waals surface area (Å²) in [4.78, 5) is 11.2. The maximum atomic E-state index is 11.2. The molecule has 1 aromatic carbocycles. The van der Waals surface area contributed by atoms with Crippen LogP contribution in [0.2, 0.25) is 0 Å². The third-order valence-corrected chi connectivity index (χ3v) is 2.19. The molecule has 0 spiro atoms. The molecule has 0 aliphatic heterocycles. The minimum Gasteiger partial charge on any atom is -0.507 e. The lowest BCUT2D eigenvalue weighted by atomic mass is 10.0. The van der Waals surface area contributed by atoms with Crippen molar-refractivity contribution >= 4 is 5.97 Å². The lowest BCUT2D eigenvalue weighted by Crippen LogP contribution is -2.15. The van der Waals surface area contributed by atoms with Crippen LogP contribution in [-0.2, 0) is 11.2 Å². The Kier molecular flexibility index (Phi) is 4.28. The molecule has 1 atom stereocenters. The fourth-order valence-electron chi connectivity index (χ4n) is 1.35. The first-order valence-electron chi connectivity index (χ1n) is 4.78. The van der Waals surface area contributed by atoms with Gasteiger partial charge in [-0.25, -0.2) is 4.79 Å². The van der Waals surface area contributed by atoms with Gasteiger partial charge in [0.15, 0.2) is 0 Å². The molecule has 0 aromatic heterocycles. The summed E-state index contributed by atoms with van der Waals surface area (Å²) in [5.74, 6) is -0.861. The predicted molar refractivity (Wildman–Crippen MR) is 56.2 cm³/mol. The average Bonchev–Trinajstić information content (AvgIpc) is 2.30. The van der Waals surface area contributed by atoms with Crippen molar-refractivity contribution < 1.29 is 24.9 Å². The van der Waals surface area contributed by atoms with Crippen LogP contribution in [0.3, 0.4) is 0 Å². The highest BCUT2D eigenvalue weighted by Crippen LogP contribution is 2.24. The van der Waals surface area contributed by atoms with Gasteiger partial charge in [0.25, 0.3) is 0 Å². The molecule has 3 N–H and O–H groups in total. The Hall–Kier alpha value is -1.59. The van der Waals surface area contributed by atoms with E-state index in [1.54, 1.807) is 12.1 Å². The van der Waals surface area contributed by atoms with E-state index in [0.717, 1.165) is 0 Å². The fourth-order valence-corrected chi connectivity index (χ4v) is 1.35. The maximum absolute atomic E-state index is 11.2. The van der Waals surface area contributed by atoms with Gasteiger partial charge in [-0.05, 0) is 11.6 Å². The fraction of sp³-hybridized carbons (Fsp3) is 0.364. The van der Waals surface area contributed by atoms with Gasteiger partial charge in [0.1, 0.15) is 11.3 Å². The van der Waals surface area contributed by atoms with Crippen LogP contribution in [0.25, 0.3) is 0 Å². The van der Waals surface area contributed by atoms with Crippen LogP contribution in [0.5, 0.6) is 5.75 Å². The van der Waals surface area contributed by atoms with E-state index in [4.69, 9.17) is 5.11 Å². The zero-order chi connectivity index (χ0) is 12.1. The molecule has 5 heteroatoms. The highest BCUT2D eigenvalue weighted by atomic mass is 16.5. The van der Waals surface area contributed by atoms with E-state index in [1.165, 1.54) is 13.2 Å². The standard InChI is InChI=1S/C11H14O5/c1-16-11(15)9-4-2-3-7(10(9)14)5-8(13)6-12/h2-4,8,12-14H,5-6H2,1H3. The number of aliphatic hydroxyl groups is 2. The predicted octanol–water partition coefficient (Wildman–Crippen LogP) is 0.0745. The lowest BCUT2D eigenvalue weighted by molar-refractivity contribution is 0.0596. The first-order valence-corrected chi connectivity index (χ1v) is 4.78. The van der Waals surface area contributed by atoms with Gasteiger partial charge in [-0.3, -0.25) is 0 Å². The smallest absolute Gasteiger partial charge is 0.341 e. The summed E-state index contributed by atoms with van der Waals surface area (Å²) >= 11 is 0. The number of carbonyl (C=O) groups excluding carboxylic acids is 1. The van der Waals surface area contributed by atoms with E-state index in [0.29, 0.717) is 5.56 Å². The molecule has 0 saturated heterocycles. The summed E-state index contributed by atoms with van der Waals surface area (Å²) in [6.07, 6.45) is -0.883. The normalized spacial score (nSPS) is 12.2. The zero-order valence-corrected chi connectivity index (χ0v) is 8.88. The Morgan fingerprint density at radius 1 is 1.50 bits per heavy atom. The molecule has 0 radical (unpaired) electrons. The number of rotatable bonds is 4. The van der Waals surface area contributed by atoms with Crippen molar-refractivity contribution in [3.05, 3.63) is 29.3 Å². The Morgan fingerprint density at radius 2 is 2.19 bits per heavy atom. The number of methoxy groups -OCH3 is 1. The van der Waals surface area contributed by atoms with Gasteiger partial charge >= 0.3 is 5.97 Å². The summed E-state index contributed by atoms with van der Waals surface area (Å²) in [5.41, 5.74) is 0.439. The van der Waals surface area contributed by atoms with Crippen molar-refractivity contribution in [1.82, 2.24) is 0 Å². The topological polar surface area (TPSA) is 87.0 Å². The second kappa shape index (κ2) is 5.48. The molecule has 1 aromatic rings. The van der Waals surface area contributed by atoms with Crippen molar-refractivity contribution in [3.8, 4) is 5.75 Å². The number of benzene rings is 1. The van der Waals surface area contributed by atoms with Gasteiger partial charge in [0.2, 0.25) is 0 Å². The SMILES string of the molecule is COC(=O)c1cccc(CC(O)CO)c1O. The Labute approximate surface area is 92.9 Å². The molecule has 16 heavy (non-hydrogen) atoms. The van der Waals surface area contributed by atoms with Gasteiger partial charge in [0.05, 0.1) is 19.8 Å². The molecular formula is C11H14O5. The van der Waals surface area contributed by atoms with E-state index < -0.39 is 18.7 Å². The second-order valence-electron chi connectivity index (χ2n) is 3.35. The van der Waals surface area contributed by atoms with E-state index >= 15 is 0 Å². The summed E-state index contributed by atoms with van der Waals surface area (Å²) < 4.78 is 4.49. The summed E-state index contributed by atoms with van der Waals surface area (Å²) in [6, 6.07) is 4.57. The van der Waals surface area contributed by atoms with Crippen LogP contribution in [0, 0.1) is 0 Å². The van der Waals surface area contributed by atoms with Gasteiger partial charge in [-0.15, -0.1) is 0 Å². The largest absolute Gasteiger partial charge is 0.507 e. The second-order valence-corrected chi connectivity index (χ2v) is 3.35. The minimum absolute atomic E-state index is 0.0464. The number of aromatic hydroxyl groups is 1. The van der Waals surface area contributed by atoms with E-state index in [9.17, 15) is 15.0 Å². The van der Waals surface area contributed by atoms with Crippen LogP contribution >= 0.6 is 0 Å². The van der Waals surface area contributed by atoms with Crippen LogP contribution in [-0.4, -0.2) is 41.1 Å². The molecule has 5 nitrogen and oxygen atoms in total. The van der Waals surface area contributed by atoms with Crippen molar-refractivity contribution in [2.75, 3.05) is 13.7 Å². The van der Waals surface area contributed by atoms with Crippen LogP contribution in [0.15, 0.2) is 18.2 Å². The first-order chi connectivity index (χ1) is 7.60. The summed E-state index contributed by atoms with van der Waals surface area (Å²) in [5, 5.41) is 27.7. The summed E-state index contributed by atoms with van der Waals surface area (Å²) in [6.45, 7) is -0.401. The number of phenols is 1. The maximum Gasteiger partial charge on any atom is 0.341 e. The molecule has 0 aliphatic carbocycles. The van der Waals surface area contributed by atoms with Crippen LogP contribution < -0.4 is 0 Å². The summed E-state index contributed by atoms with van der Waals surface area (Å²) in [7, 11) is 1.22. The number of esters is 1. The molecule has 0 fully saturated rings. The number of hydrogen-bond donors (Lipinski definition) is 3. The first kappa shape index (κ1) is 12.5. The quantitative estimate of drug-likeness (QED) is 0.633. The van der Waals surface area contributed by atoms with Gasteiger partial charge in [-0.2, -0.15) is 0 Å². The monoisotopic (exact) mass is 226 g/mol. The van der Waals surface area contributed by atoms with Gasteiger partial charge in [0, 0.05) is 6.42 Å². The molecule has 0 amide bonds. The van der Waals surface area contributed by atoms with Crippen molar-refractivity contribution in [2.24, 2.45) is 0 Å². The molecular weight excluding hydrogens is 212 g/mol. The molecule has 0 aliphatic rings. The number of hydrogen-bond acceptors (Lipinski definition) is 5. The van der Waals surface area contributed by atoms with Crippen molar-refractivity contribution in [3.63, 3.8) is 0 Å². The van der Waals surface area contributed by atoms with Crippen LogP contribution in [0.4, 0.5) is 0 Å². The molecule has 88 valence electrons. The number of aliphatic hydroxyl groups excluding tert-OH is 2. The van der Waals surface area contributed by atoms with E-state index in [2.05, 4.69) is 4.74 Å². The molecule has 0 bridgehead atoms. The molecule has 1 unspecified atom stereocenters. The van der Waals surface area contributed by atoms with Crippen LogP contribution in [0.1, 0.15) is 15.9 Å². The van der Waals surface area contributed by atoms with Gasteiger partial charge < -0.3 is 20.1 Å². The number of para-hydroxylation sites is 1. The minimum atomic E-state index is -0.959. The van der Waals surface area contributed by atoms with E-state index in [1.807, 2.05) is 0 Å². The zero-order valence-electron chi connectivity index (χ0n) is 8.88. The van der Waals surface area contributed by atoms with Crippen molar-refractivity contribution in [1.29, 1.82) is 0 Å².